The summed E-state index contributed by atoms with van der Waals surface area (Å²) in [5, 5.41) is 3.93. The van der Waals surface area contributed by atoms with E-state index in [1.807, 2.05) is 30.3 Å². The molecule has 0 saturated carbocycles. The van der Waals surface area contributed by atoms with Gasteiger partial charge in [0.25, 0.3) is 0 Å². The van der Waals surface area contributed by atoms with Crippen LogP contribution in [0.2, 0.25) is 0 Å². The van der Waals surface area contributed by atoms with Crippen molar-refractivity contribution in [2.45, 2.75) is 20.0 Å². The third-order valence-corrected chi connectivity index (χ3v) is 4.64. The number of nitrogens with zero attached hydrogens (tertiary/aromatic N) is 1. The van der Waals surface area contributed by atoms with Gasteiger partial charge in [0.1, 0.15) is 0 Å². The molecule has 2 rings (SSSR count). The molecule has 1 aromatic heterocycles. The van der Waals surface area contributed by atoms with E-state index in [2.05, 4.69) is 5.16 Å². The minimum Gasteiger partial charge on any atom is -0.356 e. The van der Waals surface area contributed by atoms with Crippen LogP contribution in [0.25, 0.3) is 11.3 Å². The minimum absolute atomic E-state index is 0.116. The van der Waals surface area contributed by atoms with Gasteiger partial charge in [-0.3, -0.25) is 4.57 Å². The second kappa shape index (κ2) is 6.84. The molecule has 0 saturated heterocycles. The monoisotopic (exact) mass is 295 g/mol. The highest BCUT2D eigenvalue weighted by Crippen LogP contribution is 2.51. The molecule has 5 nitrogen and oxygen atoms in total. The maximum Gasteiger partial charge on any atom is 0.336 e. The van der Waals surface area contributed by atoms with Gasteiger partial charge < -0.3 is 13.6 Å². The summed E-state index contributed by atoms with van der Waals surface area (Å²) in [5.41, 5.74) is 1.49. The van der Waals surface area contributed by atoms with Crippen molar-refractivity contribution in [3.8, 4) is 11.3 Å². The normalized spacial score (nSPS) is 11.7. The maximum atomic E-state index is 12.4. The van der Waals surface area contributed by atoms with Gasteiger partial charge in [0.15, 0.2) is 5.76 Å². The van der Waals surface area contributed by atoms with Crippen molar-refractivity contribution in [2.24, 2.45) is 0 Å². The Kier molecular flexibility index (Phi) is 5.12. The van der Waals surface area contributed by atoms with Crippen LogP contribution < -0.4 is 0 Å². The molecule has 1 heterocycles. The molecule has 2 aromatic rings. The highest BCUT2D eigenvalue weighted by Gasteiger charge is 2.26. The van der Waals surface area contributed by atoms with Gasteiger partial charge in [-0.25, -0.2) is 0 Å². The van der Waals surface area contributed by atoms with Gasteiger partial charge in [0.05, 0.1) is 25.1 Å². The molecule has 0 unspecified atom stereocenters. The van der Waals surface area contributed by atoms with E-state index >= 15 is 0 Å². The summed E-state index contributed by atoms with van der Waals surface area (Å²) >= 11 is 0. The lowest BCUT2D eigenvalue weighted by molar-refractivity contribution is 0.218. The van der Waals surface area contributed by atoms with Crippen LogP contribution in [0.1, 0.15) is 19.5 Å². The molecule has 0 atom stereocenters. The Balaban J connectivity index is 2.15. The van der Waals surface area contributed by atoms with Crippen molar-refractivity contribution in [3.63, 3.8) is 0 Å². The van der Waals surface area contributed by atoms with Gasteiger partial charge in [0, 0.05) is 11.6 Å². The SMILES string of the molecule is CCOP(=O)(Cc1cc(-c2ccccc2)on1)OCC. The molecule has 0 amide bonds. The Morgan fingerprint density at radius 3 is 2.40 bits per heavy atom. The predicted octanol–water partition coefficient (Wildman–Crippen LogP) is 4.11. The second-order valence-corrected chi connectivity index (χ2v) is 6.21. The third kappa shape index (κ3) is 3.79. The second-order valence-electron chi connectivity index (χ2n) is 4.15. The van der Waals surface area contributed by atoms with Crippen LogP contribution in [0.4, 0.5) is 0 Å². The zero-order valence-electron chi connectivity index (χ0n) is 11.6. The molecule has 0 aliphatic heterocycles. The Labute approximate surface area is 118 Å². The van der Waals surface area contributed by atoms with Gasteiger partial charge >= 0.3 is 7.60 Å². The van der Waals surface area contributed by atoms with Crippen LogP contribution in [0, 0.1) is 0 Å². The van der Waals surface area contributed by atoms with E-state index in [0.29, 0.717) is 24.7 Å². The Morgan fingerprint density at radius 1 is 1.15 bits per heavy atom. The van der Waals surface area contributed by atoms with Crippen molar-refractivity contribution in [2.75, 3.05) is 13.2 Å². The Bertz CT molecular complexity index is 572. The Hall–Kier alpha value is -1.42. The average molecular weight is 295 g/mol. The highest BCUT2D eigenvalue weighted by atomic mass is 31.2. The van der Waals surface area contributed by atoms with Crippen molar-refractivity contribution < 1.29 is 18.1 Å². The summed E-state index contributed by atoms with van der Waals surface area (Å²) in [7, 11) is -3.14. The summed E-state index contributed by atoms with van der Waals surface area (Å²) in [4.78, 5) is 0. The van der Waals surface area contributed by atoms with E-state index < -0.39 is 7.60 Å². The van der Waals surface area contributed by atoms with Crippen LogP contribution in [0.5, 0.6) is 0 Å². The van der Waals surface area contributed by atoms with Gasteiger partial charge in [-0.2, -0.15) is 0 Å². The fourth-order valence-corrected chi connectivity index (χ4v) is 3.43. The number of hydrogen-bond acceptors (Lipinski definition) is 5. The molecule has 6 heteroatoms. The lowest BCUT2D eigenvalue weighted by atomic mass is 10.2. The lowest BCUT2D eigenvalue weighted by Gasteiger charge is -2.15. The lowest BCUT2D eigenvalue weighted by Crippen LogP contribution is -1.99. The first-order valence-corrected chi connectivity index (χ1v) is 8.29. The van der Waals surface area contributed by atoms with Crippen molar-refractivity contribution in [1.29, 1.82) is 0 Å². The van der Waals surface area contributed by atoms with Crippen molar-refractivity contribution >= 4 is 7.60 Å². The number of hydrogen-bond donors (Lipinski definition) is 0. The molecule has 1 aromatic carbocycles. The molecule has 20 heavy (non-hydrogen) atoms. The molecule has 0 bridgehead atoms. The fourth-order valence-electron chi connectivity index (χ4n) is 1.85. The average Bonchev–Trinajstić information content (AvgIpc) is 2.88. The number of aromatic nitrogens is 1. The molecule has 0 fully saturated rings. The molecule has 0 aliphatic carbocycles. The standard InChI is InChI=1S/C14H18NO4P/c1-3-17-20(16,18-4-2)11-13-10-14(19-15-13)12-8-6-5-7-9-12/h5-10H,3-4,11H2,1-2H3. The zero-order valence-corrected chi connectivity index (χ0v) is 12.5. The molecule has 0 radical (unpaired) electrons. The fraction of sp³-hybridized carbons (Fsp3) is 0.357. The van der Waals surface area contributed by atoms with Crippen LogP contribution >= 0.6 is 7.60 Å². The van der Waals surface area contributed by atoms with Gasteiger partial charge in [-0.15, -0.1) is 0 Å². The van der Waals surface area contributed by atoms with Gasteiger partial charge in [0.2, 0.25) is 0 Å². The summed E-state index contributed by atoms with van der Waals surface area (Å²) in [6.07, 6.45) is 0.116. The topological polar surface area (TPSA) is 61.6 Å². The summed E-state index contributed by atoms with van der Waals surface area (Å²) < 4.78 is 28.2. The van der Waals surface area contributed by atoms with E-state index in [1.165, 1.54) is 0 Å². The summed E-state index contributed by atoms with van der Waals surface area (Å²) in [6, 6.07) is 11.4. The van der Waals surface area contributed by atoms with Crippen molar-refractivity contribution in [1.82, 2.24) is 5.16 Å². The van der Waals surface area contributed by atoms with Gasteiger partial charge in [-0.05, 0) is 13.8 Å². The van der Waals surface area contributed by atoms with E-state index in [0.717, 1.165) is 5.56 Å². The molecule has 0 aliphatic rings. The minimum atomic E-state index is -3.14. The van der Waals surface area contributed by atoms with Gasteiger partial charge in [-0.1, -0.05) is 35.5 Å². The van der Waals surface area contributed by atoms with Crippen molar-refractivity contribution in [3.05, 3.63) is 42.1 Å². The molecule has 108 valence electrons. The quantitative estimate of drug-likeness (QED) is 0.719. The van der Waals surface area contributed by atoms with Crippen LogP contribution in [-0.2, 0) is 19.8 Å². The number of benzene rings is 1. The molecular formula is C14H18NO4P. The summed E-state index contributed by atoms with van der Waals surface area (Å²) in [6.45, 7) is 4.23. The maximum absolute atomic E-state index is 12.4. The highest BCUT2D eigenvalue weighted by molar-refractivity contribution is 7.53. The first-order chi connectivity index (χ1) is 9.67. The predicted molar refractivity (Wildman–Crippen MR) is 76.5 cm³/mol. The van der Waals surface area contributed by atoms with Crippen LogP contribution in [0.3, 0.4) is 0 Å². The first-order valence-electron chi connectivity index (χ1n) is 6.56. The smallest absolute Gasteiger partial charge is 0.336 e. The third-order valence-electron chi connectivity index (χ3n) is 2.62. The largest absolute Gasteiger partial charge is 0.356 e. The van der Waals surface area contributed by atoms with E-state index in [4.69, 9.17) is 13.6 Å². The first kappa shape index (κ1) is 15.0. The molecular weight excluding hydrogens is 277 g/mol. The zero-order chi connectivity index (χ0) is 14.4. The molecule has 0 N–H and O–H groups in total. The van der Waals surface area contributed by atoms with E-state index in [9.17, 15) is 4.57 Å². The van der Waals surface area contributed by atoms with E-state index in [-0.39, 0.29) is 6.16 Å². The van der Waals surface area contributed by atoms with Crippen LogP contribution in [0.15, 0.2) is 40.9 Å². The summed E-state index contributed by atoms with van der Waals surface area (Å²) in [5.74, 6) is 0.639. The Morgan fingerprint density at radius 2 is 1.80 bits per heavy atom. The number of rotatable bonds is 7. The van der Waals surface area contributed by atoms with E-state index in [1.54, 1.807) is 19.9 Å². The van der Waals surface area contributed by atoms with Crippen LogP contribution in [-0.4, -0.2) is 18.4 Å². The molecule has 0 spiro atoms.